The molecule has 0 unspecified atom stereocenters. The topological polar surface area (TPSA) is 52.6 Å². The molecule has 4 heteroatoms. The van der Waals surface area contributed by atoms with Crippen LogP contribution in [-0.2, 0) is 6.54 Å². The van der Waals surface area contributed by atoms with E-state index in [1.54, 1.807) is 0 Å². The monoisotopic (exact) mass is 310 g/mol. The van der Waals surface area contributed by atoms with Crippen molar-refractivity contribution in [3.05, 3.63) is 65.7 Å². The Balaban J connectivity index is 1.66. The number of hydrogen-bond donors (Lipinski definition) is 2. The highest BCUT2D eigenvalue weighted by molar-refractivity contribution is 6.04. The Labute approximate surface area is 136 Å². The molecule has 4 nitrogen and oxygen atoms in total. The highest BCUT2D eigenvalue weighted by Gasteiger charge is 2.18. The van der Waals surface area contributed by atoms with Crippen LogP contribution in [-0.4, -0.2) is 35.1 Å². The quantitative estimate of drug-likeness (QED) is 0.913. The van der Waals surface area contributed by atoms with E-state index in [9.17, 15) is 9.90 Å². The Bertz CT molecular complexity index is 657. The van der Waals surface area contributed by atoms with E-state index < -0.39 is 0 Å². The molecule has 0 aliphatic carbocycles. The highest BCUT2D eigenvalue weighted by Crippen LogP contribution is 2.15. The summed E-state index contributed by atoms with van der Waals surface area (Å²) >= 11 is 0. The van der Waals surface area contributed by atoms with Gasteiger partial charge in [0.1, 0.15) is 0 Å². The number of nitrogens with one attached hydrogen (secondary N) is 1. The molecule has 1 atom stereocenters. The van der Waals surface area contributed by atoms with Crippen LogP contribution in [0.1, 0.15) is 28.8 Å². The molecule has 2 aromatic carbocycles. The number of carbonyl (C=O) groups excluding carboxylic acids is 1. The summed E-state index contributed by atoms with van der Waals surface area (Å²) < 4.78 is 0. The number of anilines is 1. The maximum atomic E-state index is 12.3. The third-order valence-corrected chi connectivity index (χ3v) is 4.11. The molecule has 3 rings (SSSR count). The van der Waals surface area contributed by atoms with E-state index >= 15 is 0 Å². The number of aliphatic hydroxyl groups is 1. The first kappa shape index (κ1) is 15.7. The zero-order chi connectivity index (χ0) is 16.1. The molecule has 0 radical (unpaired) electrons. The van der Waals surface area contributed by atoms with E-state index in [1.807, 2.05) is 54.6 Å². The number of hydrogen-bond acceptors (Lipinski definition) is 3. The molecule has 2 aromatic rings. The molecule has 1 aliphatic heterocycles. The predicted octanol–water partition coefficient (Wildman–Crippen LogP) is 2.90. The summed E-state index contributed by atoms with van der Waals surface area (Å²) in [6.07, 6.45) is 1.68. The van der Waals surface area contributed by atoms with Crippen molar-refractivity contribution < 1.29 is 9.90 Å². The van der Waals surface area contributed by atoms with Gasteiger partial charge >= 0.3 is 0 Å². The Morgan fingerprint density at radius 3 is 2.78 bits per heavy atom. The van der Waals surface area contributed by atoms with Crippen LogP contribution in [0.15, 0.2) is 54.6 Å². The van der Waals surface area contributed by atoms with Gasteiger partial charge in [-0.2, -0.15) is 0 Å². The molecule has 23 heavy (non-hydrogen) atoms. The van der Waals surface area contributed by atoms with Crippen LogP contribution in [0.2, 0.25) is 0 Å². The standard InChI is InChI=1S/C19H22N2O2/c22-18-10-5-11-21(14-18)13-15-6-4-7-16(12-15)19(23)20-17-8-2-1-3-9-17/h1-4,6-9,12,18,22H,5,10-11,13-14H2,(H,20,23)/t18-/m1/s1. The van der Waals surface area contributed by atoms with E-state index in [-0.39, 0.29) is 12.0 Å². The Hall–Kier alpha value is -2.17. The number of para-hydroxylation sites is 1. The number of rotatable bonds is 4. The summed E-state index contributed by atoms with van der Waals surface area (Å²) in [5.41, 5.74) is 2.55. The van der Waals surface area contributed by atoms with E-state index in [2.05, 4.69) is 10.2 Å². The number of aliphatic hydroxyl groups excluding tert-OH is 1. The van der Waals surface area contributed by atoms with Crippen LogP contribution < -0.4 is 5.32 Å². The van der Waals surface area contributed by atoms with Crippen molar-refractivity contribution in [2.75, 3.05) is 18.4 Å². The fourth-order valence-electron chi connectivity index (χ4n) is 2.97. The van der Waals surface area contributed by atoms with Gasteiger partial charge in [0.05, 0.1) is 6.10 Å². The van der Waals surface area contributed by atoms with Gasteiger partial charge in [0.15, 0.2) is 0 Å². The lowest BCUT2D eigenvalue weighted by molar-refractivity contribution is 0.0668. The van der Waals surface area contributed by atoms with Crippen molar-refractivity contribution in [2.24, 2.45) is 0 Å². The molecule has 1 amide bonds. The molecule has 1 heterocycles. The fraction of sp³-hybridized carbons (Fsp3) is 0.316. The van der Waals surface area contributed by atoms with Gasteiger partial charge < -0.3 is 10.4 Å². The minimum atomic E-state index is -0.228. The highest BCUT2D eigenvalue weighted by atomic mass is 16.3. The maximum absolute atomic E-state index is 12.3. The molecule has 2 N–H and O–H groups in total. The Morgan fingerprint density at radius 2 is 2.00 bits per heavy atom. The molecule has 1 saturated heterocycles. The summed E-state index contributed by atoms with van der Waals surface area (Å²) in [5.74, 6) is -0.100. The minimum Gasteiger partial charge on any atom is -0.392 e. The van der Waals surface area contributed by atoms with E-state index in [0.29, 0.717) is 12.1 Å². The Kier molecular flexibility index (Phi) is 5.05. The first-order chi connectivity index (χ1) is 11.2. The van der Waals surface area contributed by atoms with Gasteiger partial charge in [0.2, 0.25) is 0 Å². The summed E-state index contributed by atoms with van der Waals surface area (Å²) in [4.78, 5) is 14.6. The third-order valence-electron chi connectivity index (χ3n) is 4.11. The van der Waals surface area contributed by atoms with E-state index in [0.717, 1.165) is 37.2 Å². The first-order valence-corrected chi connectivity index (χ1v) is 8.06. The zero-order valence-electron chi connectivity index (χ0n) is 13.1. The predicted molar refractivity (Wildman–Crippen MR) is 91.4 cm³/mol. The molecule has 1 aliphatic rings. The van der Waals surface area contributed by atoms with E-state index in [4.69, 9.17) is 0 Å². The normalized spacial score (nSPS) is 18.6. The lowest BCUT2D eigenvalue weighted by Gasteiger charge is -2.30. The van der Waals surface area contributed by atoms with Crippen LogP contribution in [0.3, 0.4) is 0 Å². The van der Waals surface area contributed by atoms with Gasteiger partial charge in [0, 0.05) is 24.3 Å². The van der Waals surface area contributed by atoms with Gasteiger partial charge in [0.25, 0.3) is 5.91 Å². The molecule has 0 bridgehead atoms. The average molecular weight is 310 g/mol. The SMILES string of the molecule is O=C(Nc1ccccc1)c1cccc(CN2CCC[C@@H](O)C2)c1. The second kappa shape index (κ2) is 7.40. The molecular formula is C19H22N2O2. The van der Waals surface area contributed by atoms with Crippen LogP contribution >= 0.6 is 0 Å². The smallest absolute Gasteiger partial charge is 0.255 e. The number of piperidine rings is 1. The fourth-order valence-corrected chi connectivity index (χ4v) is 2.97. The number of benzene rings is 2. The van der Waals surface area contributed by atoms with E-state index in [1.165, 1.54) is 0 Å². The number of amides is 1. The molecule has 0 aromatic heterocycles. The lowest BCUT2D eigenvalue weighted by Crippen LogP contribution is -2.37. The molecule has 0 saturated carbocycles. The van der Waals surface area contributed by atoms with Gasteiger partial charge in [-0.15, -0.1) is 0 Å². The molecule has 0 spiro atoms. The van der Waals surface area contributed by atoms with Crippen LogP contribution in [0.25, 0.3) is 0 Å². The van der Waals surface area contributed by atoms with Gasteiger partial charge in [-0.1, -0.05) is 30.3 Å². The van der Waals surface area contributed by atoms with Crippen LogP contribution in [0.5, 0.6) is 0 Å². The third kappa shape index (κ3) is 4.41. The molecule has 120 valence electrons. The van der Waals surface area contributed by atoms with Crippen molar-refractivity contribution in [3.8, 4) is 0 Å². The van der Waals surface area contributed by atoms with Gasteiger partial charge in [-0.05, 0) is 49.2 Å². The number of likely N-dealkylation sites (tertiary alicyclic amines) is 1. The van der Waals surface area contributed by atoms with Crippen LogP contribution in [0, 0.1) is 0 Å². The average Bonchev–Trinajstić information content (AvgIpc) is 2.56. The second-order valence-corrected chi connectivity index (χ2v) is 6.05. The van der Waals surface area contributed by atoms with Crippen molar-refractivity contribution in [1.29, 1.82) is 0 Å². The van der Waals surface area contributed by atoms with Crippen molar-refractivity contribution in [1.82, 2.24) is 4.90 Å². The lowest BCUT2D eigenvalue weighted by atomic mass is 10.1. The number of carbonyl (C=O) groups is 1. The number of β-amino-alcohol motifs (C(OH)–C–C–N with tert-alkyl or cyclic N) is 1. The summed E-state index contributed by atoms with van der Waals surface area (Å²) in [5, 5.41) is 12.7. The van der Waals surface area contributed by atoms with Crippen molar-refractivity contribution >= 4 is 11.6 Å². The largest absolute Gasteiger partial charge is 0.392 e. The van der Waals surface area contributed by atoms with Gasteiger partial charge in [-0.3, -0.25) is 9.69 Å². The summed E-state index contributed by atoms with van der Waals surface area (Å²) in [6.45, 7) is 2.47. The zero-order valence-corrected chi connectivity index (χ0v) is 13.1. The Morgan fingerprint density at radius 1 is 1.17 bits per heavy atom. The maximum Gasteiger partial charge on any atom is 0.255 e. The first-order valence-electron chi connectivity index (χ1n) is 8.06. The minimum absolute atomic E-state index is 0.100. The van der Waals surface area contributed by atoms with Crippen LogP contribution in [0.4, 0.5) is 5.69 Å². The van der Waals surface area contributed by atoms with Crippen molar-refractivity contribution in [2.45, 2.75) is 25.5 Å². The van der Waals surface area contributed by atoms with Gasteiger partial charge in [-0.25, -0.2) is 0 Å². The second-order valence-electron chi connectivity index (χ2n) is 6.05. The summed E-state index contributed by atoms with van der Waals surface area (Å²) in [6, 6.07) is 17.2. The number of nitrogens with zero attached hydrogens (tertiary/aromatic N) is 1. The summed E-state index contributed by atoms with van der Waals surface area (Å²) in [7, 11) is 0. The molecule has 1 fully saturated rings. The van der Waals surface area contributed by atoms with Crippen molar-refractivity contribution in [3.63, 3.8) is 0 Å². The molecular weight excluding hydrogens is 288 g/mol.